The summed E-state index contributed by atoms with van der Waals surface area (Å²) in [6.45, 7) is 0.0294. The van der Waals surface area contributed by atoms with E-state index in [4.69, 9.17) is 11.6 Å². The van der Waals surface area contributed by atoms with Crippen LogP contribution in [0.15, 0.2) is 72.9 Å². The number of hydrogen-bond donors (Lipinski definition) is 2. The summed E-state index contributed by atoms with van der Waals surface area (Å²) in [7, 11) is 0. The highest BCUT2D eigenvalue weighted by Crippen LogP contribution is 2.29. The number of aromatic nitrogens is 1. The van der Waals surface area contributed by atoms with Crippen molar-refractivity contribution in [3.63, 3.8) is 0 Å². The first-order valence-electron chi connectivity index (χ1n) is 8.51. The molecule has 4 aromatic rings. The van der Waals surface area contributed by atoms with E-state index in [1.165, 1.54) is 12.1 Å². The molecule has 5 heteroatoms. The lowest BCUT2D eigenvalue weighted by molar-refractivity contribution is 0.0950. The molecule has 0 aliphatic rings. The minimum atomic E-state index is -0.435. The summed E-state index contributed by atoms with van der Waals surface area (Å²) >= 11 is 6.01. The summed E-state index contributed by atoms with van der Waals surface area (Å²) in [5.74, 6) is -0.716. The second-order valence-corrected chi connectivity index (χ2v) is 6.62. The first-order valence-corrected chi connectivity index (χ1v) is 8.89. The van der Waals surface area contributed by atoms with Crippen LogP contribution >= 0.6 is 11.6 Å². The van der Waals surface area contributed by atoms with Gasteiger partial charge in [-0.05, 0) is 35.9 Å². The molecule has 0 spiro atoms. The molecule has 2 N–H and O–H groups in total. The third-order valence-corrected chi connectivity index (χ3v) is 4.87. The molecule has 1 aromatic heterocycles. The van der Waals surface area contributed by atoms with E-state index in [1.54, 1.807) is 12.1 Å². The molecule has 3 nitrogen and oxygen atoms in total. The summed E-state index contributed by atoms with van der Waals surface area (Å²) in [6, 6.07) is 19.8. The standard InChI is InChI=1S/C22H16ClFN2O/c23-19-8-4-9-20(24)18(19)13-26-22(27)15-6-3-5-14(11-15)17-12-25-21-10-2-1-7-16(17)21/h1-12,25H,13H2,(H,26,27). The average molecular weight is 379 g/mol. The molecule has 0 bridgehead atoms. The molecule has 134 valence electrons. The molecule has 0 saturated heterocycles. The normalized spacial score (nSPS) is 10.9. The van der Waals surface area contributed by atoms with E-state index >= 15 is 0 Å². The molecule has 0 unspecified atom stereocenters. The number of carbonyl (C=O) groups excluding carboxylic acids is 1. The molecule has 0 aliphatic heterocycles. The Kier molecular flexibility index (Phi) is 4.65. The number of aromatic amines is 1. The Balaban J connectivity index is 1.58. The molecule has 0 aliphatic carbocycles. The van der Waals surface area contributed by atoms with Crippen molar-refractivity contribution in [1.29, 1.82) is 0 Å². The summed E-state index contributed by atoms with van der Waals surface area (Å²) in [6.07, 6.45) is 1.93. The van der Waals surface area contributed by atoms with Crippen LogP contribution in [0.4, 0.5) is 4.39 Å². The first-order chi connectivity index (χ1) is 13.1. The van der Waals surface area contributed by atoms with E-state index in [2.05, 4.69) is 10.3 Å². The van der Waals surface area contributed by atoms with Gasteiger partial charge in [0, 0.05) is 45.4 Å². The van der Waals surface area contributed by atoms with Gasteiger partial charge in [-0.25, -0.2) is 4.39 Å². The number of benzene rings is 3. The Morgan fingerprint density at radius 1 is 1.04 bits per heavy atom. The van der Waals surface area contributed by atoms with Gasteiger partial charge in [-0.3, -0.25) is 4.79 Å². The molecule has 27 heavy (non-hydrogen) atoms. The molecule has 1 heterocycles. The van der Waals surface area contributed by atoms with Gasteiger partial charge >= 0.3 is 0 Å². The lowest BCUT2D eigenvalue weighted by Crippen LogP contribution is -2.23. The Bertz CT molecular complexity index is 1120. The zero-order chi connectivity index (χ0) is 18.8. The maximum atomic E-state index is 13.9. The second-order valence-electron chi connectivity index (χ2n) is 6.21. The fraction of sp³-hybridized carbons (Fsp3) is 0.0455. The van der Waals surface area contributed by atoms with Gasteiger partial charge in [-0.1, -0.05) is 48.0 Å². The van der Waals surface area contributed by atoms with E-state index < -0.39 is 5.82 Å². The van der Waals surface area contributed by atoms with Gasteiger partial charge < -0.3 is 10.3 Å². The predicted molar refractivity (Wildman–Crippen MR) is 106 cm³/mol. The highest BCUT2D eigenvalue weighted by atomic mass is 35.5. The van der Waals surface area contributed by atoms with Gasteiger partial charge in [0.25, 0.3) is 5.91 Å². The number of rotatable bonds is 4. The molecule has 0 saturated carbocycles. The Morgan fingerprint density at radius 3 is 2.70 bits per heavy atom. The molecule has 0 fully saturated rings. The number of hydrogen-bond acceptors (Lipinski definition) is 1. The molecule has 1 amide bonds. The van der Waals surface area contributed by atoms with Crippen molar-refractivity contribution in [2.45, 2.75) is 6.54 Å². The van der Waals surface area contributed by atoms with Gasteiger partial charge in [0.15, 0.2) is 0 Å². The van der Waals surface area contributed by atoms with Crippen LogP contribution in [-0.2, 0) is 6.54 Å². The van der Waals surface area contributed by atoms with E-state index in [9.17, 15) is 9.18 Å². The smallest absolute Gasteiger partial charge is 0.251 e. The highest BCUT2D eigenvalue weighted by molar-refractivity contribution is 6.31. The third kappa shape index (κ3) is 3.44. The van der Waals surface area contributed by atoms with E-state index in [0.29, 0.717) is 10.6 Å². The van der Waals surface area contributed by atoms with Crippen LogP contribution in [0.1, 0.15) is 15.9 Å². The lowest BCUT2D eigenvalue weighted by atomic mass is 10.0. The molecular formula is C22H16ClFN2O. The fourth-order valence-corrected chi connectivity index (χ4v) is 3.34. The van der Waals surface area contributed by atoms with Crippen molar-refractivity contribution in [1.82, 2.24) is 10.3 Å². The number of amides is 1. The van der Waals surface area contributed by atoms with E-state index in [1.807, 2.05) is 48.7 Å². The monoisotopic (exact) mass is 378 g/mol. The van der Waals surface area contributed by atoms with Crippen LogP contribution in [0, 0.1) is 5.82 Å². The number of para-hydroxylation sites is 1. The number of halogens is 2. The van der Waals surface area contributed by atoms with Gasteiger partial charge in [-0.15, -0.1) is 0 Å². The largest absolute Gasteiger partial charge is 0.361 e. The van der Waals surface area contributed by atoms with Crippen LogP contribution in [0.3, 0.4) is 0 Å². The highest BCUT2D eigenvalue weighted by Gasteiger charge is 2.12. The van der Waals surface area contributed by atoms with Crippen LogP contribution in [0.5, 0.6) is 0 Å². The molecule has 0 atom stereocenters. The predicted octanol–water partition coefficient (Wildman–Crippen LogP) is 5.56. The van der Waals surface area contributed by atoms with Crippen LogP contribution in [-0.4, -0.2) is 10.9 Å². The Hall–Kier alpha value is -3.11. The van der Waals surface area contributed by atoms with Crippen molar-refractivity contribution < 1.29 is 9.18 Å². The maximum Gasteiger partial charge on any atom is 0.251 e. The Labute approximate surface area is 160 Å². The van der Waals surface area contributed by atoms with Crippen molar-refractivity contribution in [3.05, 3.63) is 94.9 Å². The summed E-state index contributed by atoms with van der Waals surface area (Å²) in [5.41, 5.74) is 3.78. The van der Waals surface area contributed by atoms with Crippen LogP contribution < -0.4 is 5.32 Å². The maximum absolute atomic E-state index is 13.9. The van der Waals surface area contributed by atoms with Crippen molar-refractivity contribution in [2.24, 2.45) is 0 Å². The topological polar surface area (TPSA) is 44.9 Å². The van der Waals surface area contributed by atoms with Crippen LogP contribution in [0.2, 0.25) is 5.02 Å². The molecule has 4 rings (SSSR count). The van der Waals surface area contributed by atoms with Gasteiger partial charge in [-0.2, -0.15) is 0 Å². The zero-order valence-electron chi connectivity index (χ0n) is 14.3. The number of nitrogens with one attached hydrogen (secondary N) is 2. The summed E-state index contributed by atoms with van der Waals surface area (Å²) in [4.78, 5) is 15.8. The quantitative estimate of drug-likeness (QED) is 0.480. The Morgan fingerprint density at radius 2 is 1.85 bits per heavy atom. The van der Waals surface area contributed by atoms with E-state index in [0.717, 1.165) is 22.0 Å². The SMILES string of the molecule is O=C(NCc1c(F)cccc1Cl)c1cccc(-c2c[nH]c3ccccc23)c1. The molecule has 3 aromatic carbocycles. The minimum absolute atomic E-state index is 0.0294. The number of H-pyrrole nitrogens is 1. The van der Waals surface area contributed by atoms with Crippen molar-refractivity contribution >= 4 is 28.4 Å². The molecule has 0 radical (unpaired) electrons. The summed E-state index contributed by atoms with van der Waals surface area (Å²) in [5, 5.41) is 4.12. The number of fused-ring (bicyclic) bond motifs is 1. The van der Waals surface area contributed by atoms with Gasteiger partial charge in [0.1, 0.15) is 5.82 Å². The zero-order valence-corrected chi connectivity index (χ0v) is 15.1. The number of carbonyl (C=O) groups is 1. The summed E-state index contributed by atoms with van der Waals surface area (Å²) < 4.78 is 13.9. The van der Waals surface area contributed by atoms with Gasteiger partial charge in [0.2, 0.25) is 0 Å². The van der Waals surface area contributed by atoms with Crippen molar-refractivity contribution in [3.8, 4) is 11.1 Å². The third-order valence-electron chi connectivity index (χ3n) is 4.51. The molecular weight excluding hydrogens is 363 g/mol. The minimum Gasteiger partial charge on any atom is -0.361 e. The van der Waals surface area contributed by atoms with Gasteiger partial charge in [0.05, 0.1) is 0 Å². The first kappa shape index (κ1) is 17.3. The van der Waals surface area contributed by atoms with Crippen LogP contribution in [0.25, 0.3) is 22.0 Å². The lowest BCUT2D eigenvalue weighted by Gasteiger charge is -2.09. The van der Waals surface area contributed by atoms with Crippen molar-refractivity contribution in [2.75, 3.05) is 0 Å². The van der Waals surface area contributed by atoms with E-state index in [-0.39, 0.29) is 18.0 Å². The second kappa shape index (κ2) is 7.25. The average Bonchev–Trinajstić information content (AvgIpc) is 3.12. The fourth-order valence-electron chi connectivity index (χ4n) is 3.11.